The van der Waals surface area contributed by atoms with Gasteiger partial charge in [0, 0.05) is 17.7 Å². The van der Waals surface area contributed by atoms with Crippen molar-refractivity contribution in [3.8, 4) is 5.82 Å². The molecule has 3 N–H and O–H groups in total. The first-order chi connectivity index (χ1) is 13.7. The van der Waals surface area contributed by atoms with Gasteiger partial charge < -0.3 is 10.4 Å². The summed E-state index contributed by atoms with van der Waals surface area (Å²) >= 11 is 0. The SMILES string of the molecule is OC[C@H](Nc1ccc2ncn(-c3cc(C4CC4)[nH]n3)c2n1)c1ccc(F)cc1. The molecular weight excluding hydrogens is 359 g/mol. The molecule has 0 aliphatic heterocycles. The summed E-state index contributed by atoms with van der Waals surface area (Å²) in [7, 11) is 0. The summed E-state index contributed by atoms with van der Waals surface area (Å²) in [6.07, 6.45) is 4.10. The zero-order chi connectivity index (χ0) is 19.1. The number of rotatable bonds is 6. The molecule has 28 heavy (non-hydrogen) atoms. The summed E-state index contributed by atoms with van der Waals surface area (Å²) in [5.74, 6) is 1.62. The molecule has 1 atom stereocenters. The lowest BCUT2D eigenvalue weighted by Crippen LogP contribution is -2.15. The van der Waals surface area contributed by atoms with Gasteiger partial charge >= 0.3 is 0 Å². The highest BCUT2D eigenvalue weighted by Gasteiger charge is 2.26. The number of aliphatic hydroxyl groups excluding tert-OH is 1. The number of benzene rings is 1. The van der Waals surface area contributed by atoms with Crippen LogP contribution in [0, 0.1) is 5.82 Å². The molecule has 0 spiro atoms. The van der Waals surface area contributed by atoms with Crippen molar-refractivity contribution in [2.24, 2.45) is 0 Å². The number of pyridine rings is 1. The molecule has 1 aliphatic carbocycles. The van der Waals surface area contributed by atoms with Crippen molar-refractivity contribution in [1.29, 1.82) is 0 Å². The molecule has 0 amide bonds. The summed E-state index contributed by atoms with van der Waals surface area (Å²) in [5.41, 5.74) is 3.35. The molecule has 1 aliphatic rings. The third-order valence-corrected chi connectivity index (χ3v) is 5.02. The number of nitrogens with zero attached hydrogens (tertiary/aromatic N) is 4. The topological polar surface area (TPSA) is 91.7 Å². The molecule has 4 aromatic rings. The van der Waals surface area contributed by atoms with E-state index in [1.54, 1.807) is 18.5 Å². The minimum atomic E-state index is -0.395. The molecule has 0 unspecified atom stereocenters. The molecule has 0 radical (unpaired) electrons. The van der Waals surface area contributed by atoms with Crippen molar-refractivity contribution in [3.05, 3.63) is 65.9 Å². The second-order valence-electron chi connectivity index (χ2n) is 7.04. The van der Waals surface area contributed by atoms with Crippen molar-refractivity contribution in [1.82, 2.24) is 24.7 Å². The standard InChI is InChI=1S/C20H19FN6O/c21-14-5-3-13(4-6-14)17(10-28)23-18-8-7-15-20(24-18)27(11-22-15)19-9-16(25-26-19)12-1-2-12/h3-9,11-12,17,28H,1-2,10H2,(H,23,24)(H,25,26)/t17-/m0/s1. The molecule has 1 aromatic carbocycles. The number of imidazole rings is 1. The van der Waals surface area contributed by atoms with E-state index in [0.29, 0.717) is 17.4 Å². The molecule has 1 saturated carbocycles. The summed E-state index contributed by atoms with van der Waals surface area (Å²) in [5, 5.41) is 20.5. The number of hydrogen-bond acceptors (Lipinski definition) is 5. The van der Waals surface area contributed by atoms with Crippen LogP contribution in [-0.4, -0.2) is 36.4 Å². The van der Waals surface area contributed by atoms with E-state index >= 15 is 0 Å². The number of hydrogen-bond donors (Lipinski definition) is 3. The Morgan fingerprint density at radius 3 is 2.79 bits per heavy atom. The number of nitrogens with one attached hydrogen (secondary N) is 2. The third-order valence-electron chi connectivity index (χ3n) is 5.02. The zero-order valence-corrected chi connectivity index (χ0v) is 15.0. The molecule has 5 rings (SSSR count). The third kappa shape index (κ3) is 3.11. The first-order valence-electron chi connectivity index (χ1n) is 9.24. The van der Waals surface area contributed by atoms with Gasteiger partial charge in [0.25, 0.3) is 0 Å². The van der Waals surface area contributed by atoms with Crippen LogP contribution in [0.1, 0.15) is 36.1 Å². The van der Waals surface area contributed by atoms with Crippen LogP contribution in [0.4, 0.5) is 10.2 Å². The minimum absolute atomic E-state index is 0.144. The Balaban J connectivity index is 1.45. The highest BCUT2D eigenvalue weighted by molar-refractivity contribution is 5.75. The van der Waals surface area contributed by atoms with Crippen LogP contribution >= 0.6 is 0 Å². The van der Waals surface area contributed by atoms with Crippen LogP contribution in [0.5, 0.6) is 0 Å². The van der Waals surface area contributed by atoms with Crippen molar-refractivity contribution < 1.29 is 9.50 Å². The first-order valence-corrected chi connectivity index (χ1v) is 9.24. The Kier molecular flexibility index (Phi) is 4.05. The Hall–Kier alpha value is -3.26. The fraction of sp³-hybridized carbons (Fsp3) is 0.250. The van der Waals surface area contributed by atoms with E-state index in [2.05, 4.69) is 25.5 Å². The van der Waals surface area contributed by atoms with Crippen LogP contribution in [0.2, 0.25) is 0 Å². The fourth-order valence-corrected chi connectivity index (χ4v) is 3.30. The van der Waals surface area contributed by atoms with Gasteiger partial charge in [-0.05, 0) is 42.7 Å². The van der Waals surface area contributed by atoms with Crippen LogP contribution < -0.4 is 5.32 Å². The average Bonchev–Trinajstić information content (AvgIpc) is 3.30. The maximum atomic E-state index is 13.2. The number of aromatic nitrogens is 5. The first kappa shape index (κ1) is 16.9. The monoisotopic (exact) mass is 378 g/mol. The van der Waals surface area contributed by atoms with Crippen molar-refractivity contribution in [3.63, 3.8) is 0 Å². The molecule has 0 bridgehead atoms. The quantitative estimate of drug-likeness (QED) is 0.479. The normalized spacial score (nSPS) is 15.1. The van der Waals surface area contributed by atoms with Gasteiger partial charge in [-0.15, -0.1) is 0 Å². The second kappa shape index (κ2) is 6.72. The zero-order valence-electron chi connectivity index (χ0n) is 15.0. The number of H-pyrrole nitrogens is 1. The predicted octanol–water partition coefficient (Wildman–Crippen LogP) is 3.31. The molecule has 0 saturated heterocycles. The Morgan fingerprint density at radius 1 is 1.21 bits per heavy atom. The van der Waals surface area contributed by atoms with Crippen LogP contribution in [0.3, 0.4) is 0 Å². The highest BCUT2D eigenvalue weighted by Crippen LogP contribution is 2.39. The van der Waals surface area contributed by atoms with E-state index in [1.165, 1.54) is 25.0 Å². The largest absolute Gasteiger partial charge is 0.394 e. The summed E-state index contributed by atoms with van der Waals surface area (Å²) in [4.78, 5) is 9.06. The Labute approximate surface area is 160 Å². The van der Waals surface area contributed by atoms with E-state index in [9.17, 15) is 9.50 Å². The van der Waals surface area contributed by atoms with Gasteiger partial charge in [0.05, 0.1) is 12.6 Å². The van der Waals surface area contributed by atoms with E-state index in [-0.39, 0.29) is 12.4 Å². The number of fused-ring (bicyclic) bond motifs is 1. The van der Waals surface area contributed by atoms with E-state index in [0.717, 1.165) is 22.6 Å². The molecule has 1 fully saturated rings. The maximum Gasteiger partial charge on any atom is 0.168 e. The lowest BCUT2D eigenvalue weighted by atomic mass is 10.1. The molecule has 7 nitrogen and oxygen atoms in total. The van der Waals surface area contributed by atoms with Crippen molar-refractivity contribution in [2.75, 3.05) is 11.9 Å². The highest BCUT2D eigenvalue weighted by atomic mass is 19.1. The number of anilines is 1. The van der Waals surface area contributed by atoms with Crippen molar-refractivity contribution in [2.45, 2.75) is 24.8 Å². The summed E-state index contributed by atoms with van der Waals surface area (Å²) in [6, 6.07) is 11.4. The van der Waals surface area contributed by atoms with Crippen molar-refractivity contribution >= 4 is 17.0 Å². The smallest absolute Gasteiger partial charge is 0.168 e. The van der Waals surface area contributed by atoms with E-state index in [4.69, 9.17) is 0 Å². The van der Waals surface area contributed by atoms with E-state index in [1.807, 2.05) is 22.8 Å². The number of halogens is 1. The minimum Gasteiger partial charge on any atom is -0.394 e. The van der Waals surface area contributed by atoms with Crippen LogP contribution in [-0.2, 0) is 0 Å². The van der Waals surface area contributed by atoms with Gasteiger partial charge in [0.1, 0.15) is 23.5 Å². The molecular formula is C20H19FN6O. The van der Waals surface area contributed by atoms with Crippen LogP contribution in [0.15, 0.2) is 48.8 Å². The molecule has 3 aromatic heterocycles. The average molecular weight is 378 g/mol. The van der Waals surface area contributed by atoms with Gasteiger partial charge in [-0.3, -0.25) is 9.67 Å². The van der Waals surface area contributed by atoms with Gasteiger partial charge in [-0.25, -0.2) is 14.4 Å². The summed E-state index contributed by atoms with van der Waals surface area (Å²) < 4.78 is 15.0. The Bertz CT molecular complexity index is 1120. The molecule has 3 heterocycles. The Morgan fingerprint density at radius 2 is 2.04 bits per heavy atom. The molecule has 8 heteroatoms. The van der Waals surface area contributed by atoms with Crippen LogP contribution in [0.25, 0.3) is 17.0 Å². The predicted molar refractivity (Wildman–Crippen MR) is 103 cm³/mol. The van der Waals surface area contributed by atoms with Gasteiger partial charge in [-0.1, -0.05) is 12.1 Å². The summed E-state index contributed by atoms with van der Waals surface area (Å²) in [6.45, 7) is -0.144. The fourth-order valence-electron chi connectivity index (χ4n) is 3.30. The maximum absolute atomic E-state index is 13.2. The lowest BCUT2D eigenvalue weighted by Gasteiger charge is -2.17. The van der Waals surface area contributed by atoms with Gasteiger partial charge in [-0.2, -0.15) is 5.10 Å². The van der Waals surface area contributed by atoms with Gasteiger partial charge in [0.2, 0.25) is 0 Å². The number of aromatic amines is 1. The van der Waals surface area contributed by atoms with E-state index < -0.39 is 6.04 Å². The lowest BCUT2D eigenvalue weighted by molar-refractivity contribution is 0.276. The van der Waals surface area contributed by atoms with Gasteiger partial charge in [0.15, 0.2) is 11.5 Å². The number of aliphatic hydroxyl groups is 1. The second-order valence-corrected chi connectivity index (χ2v) is 7.04. The molecule has 142 valence electrons.